The maximum Gasteiger partial charge on any atom is 0.243 e. The van der Waals surface area contributed by atoms with E-state index in [1.807, 2.05) is 13.8 Å². The van der Waals surface area contributed by atoms with Crippen molar-refractivity contribution in [2.45, 2.75) is 129 Å². The molecule has 0 unspecified atom stereocenters. The van der Waals surface area contributed by atoms with Gasteiger partial charge in [0, 0.05) is 26.1 Å². The minimum Gasteiger partial charge on any atom is -0.392 e. The van der Waals surface area contributed by atoms with E-state index in [2.05, 4.69) is 47.9 Å². The van der Waals surface area contributed by atoms with Crippen LogP contribution in [0.25, 0.3) is 0 Å². The van der Waals surface area contributed by atoms with Crippen LogP contribution in [0.4, 0.5) is 0 Å². The number of hydrogen-bond donors (Lipinski definition) is 11. The second-order valence-corrected chi connectivity index (χ2v) is 15.9. The fourth-order valence-electron chi connectivity index (χ4n) is 6.65. The van der Waals surface area contributed by atoms with E-state index >= 15 is 0 Å². The van der Waals surface area contributed by atoms with Gasteiger partial charge in [-0.05, 0) is 64.2 Å². The number of carbonyl (C=O) groups excluding carboxylic acids is 10. The third-order valence-corrected chi connectivity index (χ3v) is 9.69. The summed E-state index contributed by atoms with van der Waals surface area (Å²) in [5.41, 5.74) is 5.28. The number of hydrogen-bond acceptors (Lipinski definition) is 12. The van der Waals surface area contributed by atoms with Gasteiger partial charge in [0.25, 0.3) is 0 Å². The van der Waals surface area contributed by atoms with Gasteiger partial charge < -0.3 is 63.6 Å². The van der Waals surface area contributed by atoms with Crippen molar-refractivity contribution in [1.82, 2.24) is 52.8 Å². The van der Waals surface area contributed by atoms with E-state index in [0.29, 0.717) is 25.9 Å². The van der Waals surface area contributed by atoms with Gasteiger partial charge in [0.2, 0.25) is 59.1 Å². The summed E-state index contributed by atoms with van der Waals surface area (Å²) in [7, 11) is 0. The Balaban J connectivity index is 1.98. The number of amides is 10. The lowest BCUT2D eigenvalue weighted by molar-refractivity contribution is -0.139. The molecule has 22 heteroatoms. The molecule has 2 fully saturated rings. The van der Waals surface area contributed by atoms with Crippen LogP contribution in [0, 0.1) is 11.8 Å². The molecule has 2 rings (SSSR count). The number of likely N-dealkylation sites (N-methyl/N-ethyl adjacent to an activating group) is 1. The average Bonchev–Trinajstić information content (AvgIpc) is 3.85. The number of nitrogens with two attached hydrogens (primary N) is 1. The molecule has 0 aromatic heterocycles. The topological polar surface area (TPSA) is 328 Å². The number of β-amino-alcohol motifs (C(OH)–C–C–N with tert-alkyl or cyclic N) is 1. The van der Waals surface area contributed by atoms with Gasteiger partial charge in [0.05, 0.1) is 31.8 Å². The molecule has 0 aromatic carbocycles. The van der Waals surface area contributed by atoms with E-state index in [0.717, 1.165) is 0 Å². The predicted octanol–water partition coefficient (Wildman–Crippen LogP) is -4.50. The van der Waals surface area contributed by atoms with Crippen molar-refractivity contribution >= 4 is 59.1 Å². The lowest BCUT2D eigenvalue weighted by Gasteiger charge is -2.25. The molecule has 22 nitrogen and oxygen atoms in total. The molecule has 0 bridgehead atoms. The summed E-state index contributed by atoms with van der Waals surface area (Å²) in [5.74, 6) is -6.61. The monoisotopic (exact) mass is 851 g/mol. The average molecular weight is 852 g/mol. The molecule has 12 N–H and O–H groups in total. The van der Waals surface area contributed by atoms with E-state index < -0.39 is 109 Å². The first-order valence-corrected chi connectivity index (χ1v) is 20.5. The van der Waals surface area contributed by atoms with E-state index in [4.69, 9.17) is 5.73 Å². The van der Waals surface area contributed by atoms with E-state index in [-0.39, 0.29) is 62.9 Å². The van der Waals surface area contributed by atoms with Crippen molar-refractivity contribution in [2.75, 3.05) is 39.3 Å². The maximum absolute atomic E-state index is 13.4. The second-order valence-electron chi connectivity index (χ2n) is 15.9. The van der Waals surface area contributed by atoms with Gasteiger partial charge in [-0.25, -0.2) is 0 Å². The van der Waals surface area contributed by atoms with Crippen molar-refractivity contribution in [3.05, 3.63) is 0 Å². The fraction of sp³-hybridized carbons (Fsp3) is 0.737. The molecule has 0 saturated carbocycles. The maximum atomic E-state index is 13.4. The molecular weight excluding hydrogens is 786 g/mol. The molecule has 7 atom stereocenters. The van der Waals surface area contributed by atoms with Crippen LogP contribution in [-0.2, 0) is 47.9 Å². The number of primary amides is 1. The molecule has 2 heterocycles. The van der Waals surface area contributed by atoms with Gasteiger partial charge in [-0.3, -0.25) is 47.9 Å². The summed E-state index contributed by atoms with van der Waals surface area (Å²) < 4.78 is 0. The Hall–Kier alpha value is -5.38. The third-order valence-electron chi connectivity index (χ3n) is 9.69. The van der Waals surface area contributed by atoms with Gasteiger partial charge >= 0.3 is 0 Å². The first-order valence-electron chi connectivity index (χ1n) is 20.5. The summed E-state index contributed by atoms with van der Waals surface area (Å²) in [6.07, 6.45) is 0.406. The molecular formula is C38H65N11O11. The molecule has 60 heavy (non-hydrogen) atoms. The zero-order chi connectivity index (χ0) is 45.1. The molecule has 10 amide bonds. The first-order chi connectivity index (χ1) is 28.2. The Morgan fingerprint density at radius 1 is 0.700 bits per heavy atom. The van der Waals surface area contributed by atoms with Gasteiger partial charge in [-0.15, -0.1) is 0 Å². The fourth-order valence-corrected chi connectivity index (χ4v) is 6.65. The number of likely N-dealkylation sites (tertiary alicyclic amines) is 1. The predicted molar refractivity (Wildman–Crippen MR) is 216 cm³/mol. The molecule has 2 saturated heterocycles. The van der Waals surface area contributed by atoms with Crippen LogP contribution >= 0.6 is 0 Å². The van der Waals surface area contributed by atoms with Crippen molar-refractivity contribution < 1.29 is 53.1 Å². The van der Waals surface area contributed by atoms with Gasteiger partial charge in [-0.1, -0.05) is 27.7 Å². The molecule has 0 aromatic rings. The van der Waals surface area contributed by atoms with Crippen molar-refractivity contribution in [3.63, 3.8) is 0 Å². The number of rotatable bonds is 24. The van der Waals surface area contributed by atoms with Gasteiger partial charge in [0.1, 0.15) is 30.2 Å². The number of aliphatic hydroxyl groups is 1. The van der Waals surface area contributed by atoms with Crippen LogP contribution in [0.2, 0.25) is 0 Å². The third kappa shape index (κ3) is 17.9. The Morgan fingerprint density at radius 3 is 1.83 bits per heavy atom. The summed E-state index contributed by atoms with van der Waals surface area (Å²) in [6.45, 7) is 9.93. The molecule has 2 aliphatic heterocycles. The number of carbonyl (C=O) groups is 10. The van der Waals surface area contributed by atoms with Crippen LogP contribution in [0.15, 0.2) is 0 Å². The minimum atomic E-state index is -1.32. The van der Waals surface area contributed by atoms with Crippen molar-refractivity contribution in [2.24, 2.45) is 17.6 Å². The zero-order valence-corrected chi connectivity index (χ0v) is 35.4. The number of nitrogens with one attached hydrogen (secondary N) is 9. The molecule has 0 radical (unpaired) electrons. The number of nitrogens with zero attached hydrogens (tertiary/aromatic N) is 1. The highest BCUT2D eigenvalue weighted by Crippen LogP contribution is 2.17. The van der Waals surface area contributed by atoms with Gasteiger partial charge in [0.15, 0.2) is 0 Å². The Morgan fingerprint density at radius 2 is 1.27 bits per heavy atom. The number of aliphatic hydroxyl groups excluding tert-OH is 1. The zero-order valence-electron chi connectivity index (χ0n) is 35.4. The summed E-state index contributed by atoms with van der Waals surface area (Å²) in [5, 5.41) is 32.6. The van der Waals surface area contributed by atoms with Crippen molar-refractivity contribution in [1.29, 1.82) is 0 Å². The van der Waals surface area contributed by atoms with E-state index in [9.17, 15) is 53.1 Å². The smallest absolute Gasteiger partial charge is 0.243 e. The first kappa shape index (κ1) is 50.8. The van der Waals surface area contributed by atoms with E-state index in [1.54, 1.807) is 20.8 Å². The van der Waals surface area contributed by atoms with E-state index in [1.165, 1.54) is 11.8 Å². The highest BCUT2D eigenvalue weighted by Gasteiger charge is 2.35. The van der Waals surface area contributed by atoms with Crippen LogP contribution in [-0.4, -0.2) is 151 Å². The normalized spacial score (nSPS) is 19.3. The Labute approximate surface area is 350 Å². The van der Waals surface area contributed by atoms with Gasteiger partial charge in [-0.2, -0.15) is 0 Å². The quantitative estimate of drug-likeness (QED) is 0.0438. The molecule has 0 spiro atoms. The lowest BCUT2D eigenvalue weighted by atomic mass is 10.0. The van der Waals surface area contributed by atoms with Crippen LogP contribution in [0.5, 0.6) is 0 Å². The standard InChI is InChI=1S/C38H65N11O11/c1-7-40-38(60)28-9-8-12-49(28)32(54)19-44-33(55)22(6)45-37(59)27(14-21(4)5)47-31(53)18-43-35(57)26(13-20(2)3)48-36(58)24(10-11-29(39)51)46-30(52)17-42-34(56)25-15-23(50)16-41-25/h20-28,41,50H,7-19H2,1-6H3,(H2,39,51)(H,40,60)(H,42,56)(H,43,57)(H,44,55)(H,45,59)(H,46,52)(H,47,53)(H,48,58)/t22-,23+,24-,25-,26-,27-,28-/m0/s1. The minimum absolute atomic E-state index is 0.0843. The SMILES string of the molecule is CCNC(=O)[C@@H]1CCCN1C(=O)CNC(=O)[C@H](C)NC(=O)[C@H](CC(C)C)NC(=O)CNC(=O)[C@H](CC(C)C)NC(=O)[C@H](CCC(N)=O)NC(=O)CNC(=O)[C@@H]1C[C@@H](O)CN1. The van der Waals surface area contributed by atoms with Crippen LogP contribution in [0.3, 0.4) is 0 Å². The van der Waals surface area contributed by atoms with Crippen molar-refractivity contribution in [3.8, 4) is 0 Å². The second kappa shape index (κ2) is 25.3. The molecule has 0 aliphatic carbocycles. The molecule has 2 aliphatic rings. The highest BCUT2D eigenvalue weighted by molar-refractivity contribution is 5.97. The Kier molecular flexibility index (Phi) is 21.4. The lowest BCUT2D eigenvalue weighted by Crippen LogP contribution is -2.57. The largest absolute Gasteiger partial charge is 0.392 e. The van der Waals surface area contributed by atoms with Crippen LogP contribution in [0.1, 0.15) is 86.5 Å². The molecule has 338 valence electrons. The van der Waals surface area contributed by atoms with Crippen LogP contribution < -0.4 is 53.6 Å². The summed E-state index contributed by atoms with van der Waals surface area (Å²) in [4.78, 5) is 129. The highest BCUT2D eigenvalue weighted by atomic mass is 16.3. The summed E-state index contributed by atoms with van der Waals surface area (Å²) >= 11 is 0. The Bertz CT molecular complexity index is 1560. The summed E-state index contributed by atoms with van der Waals surface area (Å²) in [6, 6.07) is -6.04.